The molecule has 0 radical (unpaired) electrons. The maximum Gasteiger partial charge on any atom is 0.410 e. The highest BCUT2D eigenvalue weighted by molar-refractivity contribution is 5.78. The van der Waals surface area contributed by atoms with E-state index < -0.39 is 23.7 Å². The number of rotatable bonds is 4. The van der Waals surface area contributed by atoms with E-state index in [1.54, 1.807) is 20.8 Å². The number of carbonyl (C=O) groups is 2. The van der Waals surface area contributed by atoms with E-state index in [1.807, 2.05) is 0 Å². The Bertz CT molecular complexity index is 552. The number of nitrogens with zero attached hydrogens (tertiary/aromatic N) is 2. The average molecular weight is 365 g/mol. The lowest BCUT2D eigenvalue weighted by molar-refractivity contribution is -0.130. The fourth-order valence-electron chi connectivity index (χ4n) is 3.52. The van der Waals surface area contributed by atoms with Gasteiger partial charge in [0.25, 0.3) is 0 Å². The van der Waals surface area contributed by atoms with Crippen LogP contribution in [0, 0.1) is 23.2 Å². The van der Waals surface area contributed by atoms with Crippen LogP contribution < -0.4 is 5.32 Å². The molecule has 1 aliphatic heterocycles. The number of nitrogens with one attached hydrogen (secondary N) is 1. The maximum atomic E-state index is 12.2. The molecule has 4 atom stereocenters. The molecule has 0 bridgehead atoms. The summed E-state index contributed by atoms with van der Waals surface area (Å²) in [4.78, 5) is 25.9. The highest BCUT2D eigenvalue weighted by Gasteiger charge is 2.38. The Morgan fingerprint density at radius 3 is 2.54 bits per heavy atom. The van der Waals surface area contributed by atoms with Gasteiger partial charge < -0.3 is 19.7 Å². The van der Waals surface area contributed by atoms with Crippen LogP contribution in [0.5, 0.6) is 0 Å². The van der Waals surface area contributed by atoms with Crippen LogP contribution in [0.15, 0.2) is 0 Å². The van der Waals surface area contributed by atoms with E-state index in [-0.39, 0.29) is 31.7 Å². The van der Waals surface area contributed by atoms with Gasteiger partial charge in [-0.1, -0.05) is 19.8 Å². The molecule has 7 nitrogen and oxygen atoms in total. The molecule has 0 aromatic rings. The first-order valence-electron chi connectivity index (χ1n) is 9.48. The molecule has 1 N–H and O–H groups in total. The van der Waals surface area contributed by atoms with Crippen molar-refractivity contribution in [3.63, 3.8) is 0 Å². The number of likely N-dealkylation sites (tertiary alicyclic amines) is 1. The summed E-state index contributed by atoms with van der Waals surface area (Å²) in [6.45, 7) is 8.08. The van der Waals surface area contributed by atoms with Gasteiger partial charge in [-0.25, -0.2) is 4.79 Å². The zero-order valence-corrected chi connectivity index (χ0v) is 16.3. The van der Waals surface area contributed by atoms with Crippen LogP contribution in [0.1, 0.15) is 53.4 Å². The van der Waals surface area contributed by atoms with Crippen LogP contribution in [0.25, 0.3) is 0 Å². The quantitative estimate of drug-likeness (QED) is 0.826. The molecule has 1 saturated carbocycles. The van der Waals surface area contributed by atoms with E-state index in [0.29, 0.717) is 5.92 Å². The molecule has 26 heavy (non-hydrogen) atoms. The first kappa shape index (κ1) is 20.5. The van der Waals surface area contributed by atoms with E-state index in [1.165, 1.54) is 11.3 Å². The van der Waals surface area contributed by atoms with Crippen LogP contribution in [-0.4, -0.2) is 54.3 Å². The Kier molecular flexibility index (Phi) is 6.87. The number of ether oxygens (including phenoxy) is 2. The summed E-state index contributed by atoms with van der Waals surface area (Å²) >= 11 is 0. The molecule has 1 aliphatic carbocycles. The molecule has 1 heterocycles. The molecule has 0 aromatic heterocycles. The van der Waals surface area contributed by atoms with Gasteiger partial charge in [0.2, 0.25) is 5.91 Å². The van der Waals surface area contributed by atoms with Crippen LogP contribution in [0.4, 0.5) is 4.79 Å². The second-order valence-corrected chi connectivity index (χ2v) is 8.41. The molecular weight excluding hydrogens is 334 g/mol. The highest BCUT2D eigenvalue weighted by Crippen LogP contribution is 2.26. The van der Waals surface area contributed by atoms with Gasteiger partial charge in [-0.15, -0.1) is 0 Å². The van der Waals surface area contributed by atoms with Crippen LogP contribution in [0.2, 0.25) is 0 Å². The average Bonchev–Trinajstić information content (AvgIpc) is 2.95. The number of amides is 2. The summed E-state index contributed by atoms with van der Waals surface area (Å²) in [5, 5.41) is 12.2. The molecule has 2 aliphatic rings. The van der Waals surface area contributed by atoms with Crippen molar-refractivity contribution >= 4 is 12.0 Å². The van der Waals surface area contributed by atoms with Gasteiger partial charge in [0.1, 0.15) is 12.2 Å². The predicted molar refractivity (Wildman–Crippen MR) is 96.2 cm³/mol. The molecule has 1 saturated heterocycles. The van der Waals surface area contributed by atoms with Gasteiger partial charge in [-0.3, -0.25) is 4.79 Å². The Labute approximate surface area is 156 Å². The van der Waals surface area contributed by atoms with E-state index in [4.69, 9.17) is 9.47 Å². The normalized spacial score (nSPS) is 29.1. The van der Waals surface area contributed by atoms with Crippen molar-refractivity contribution in [3.8, 4) is 6.07 Å². The lowest BCUT2D eigenvalue weighted by Gasteiger charge is -2.28. The van der Waals surface area contributed by atoms with E-state index in [0.717, 1.165) is 19.3 Å². The zero-order chi connectivity index (χ0) is 19.3. The standard InChI is InChI=1S/C19H31N3O4/c1-13-7-5-6-8-16(13)25-12-17(23)21-15-11-22(10-14(15)9-20)18(24)26-19(2,3)4/h13-16H,5-8,10-12H2,1-4H3,(H,21,23). The topological polar surface area (TPSA) is 91.7 Å². The SMILES string of the molecule is CC1CCCCC1OCC(=O)NC1CN(C(=O)OC(C)(C)C)CC1C#N. The van der Waals surface area contributed by atoms with Crippen molar-refractivity contribution in [2.45, 2.75) is 71.1 Å². The molecule has 4 unspecified atom stereocenters. The molecule has 0 spiro atoms. The fourth-order valence-corrected chi connectivity index (χ4v) is 3.52. The summed E-state index contributed by atoms with van der Waals surface area (Å²) in [6.07, 6.45) is 4.16. The van der Waals surface area contributed by atoms with Crippen LogP contribution >= 0.6 is 0 Å². The molecule has 7 heteroatoms. The van der Waals surface area contributed by atoms with E-state index in [9.17, 15) is 14.9 Å². The van der Waals surface area contributed by atoms with E-state index >= 15 is 0 Å². The summed E-state index contributed by atoms with van der Waals surface area (Å²) in [5.41, 5.74) is -0.592. The third kappa shape index (κ3) is 5.87. The minimum atomic E-state index is -0.592. The number of hydrogen-bond donors (Lipinski definition) is 1. The predicted octanol–water partition coefficient (Wildman–Crippen LogP) is 2.46. The van der Waals surface area contributed by atoms with Crippen molar-refractivity contribution < 1.29 is 19.1 Å². The first-order valence-corrected chi connectivity index (χ1v) is 9.48. The second kappa shape index (κ2) is 8.72. The maximum absolute atomic E-state index is 12.2. The largest absolute Gasteiger partial charge is 0.444 e. The molecule has 2 fully saturated rings. The molecule has 146 valence electrons. The van der Waals surface area contributed by atoms with Crippen LogP contribution in [0.3, 0.4) is 0 Å². The molecule has 2 rings (SSSR count). The zero-order valence-electron chi connectivity index (χ0n) is 16.3. The van der Waals surface area contributed by atoms with Crippen LogP contribution in [-0.2, 0) is 14.3 Å². The molecular formula is C19H31N3O4. The number of carbonyl (C=O) groups excluding carboxylic acids is 2. The number of hydrogen-bond acceptors (Lipinski definition) is 5. The summed E-state index contributed by atoms with van der Waals surface area (Å²) in [7, 11) is 0. The third-order valence-electron chi connectivity index (χ3n) is 4.95. The Morgan fingerprint density at radius 2 is 1.92 bits per heavy atom. The third-order valence-corrected chi connectivity index (χ3v) is 4.95. The lowest BCUT2D eigenvalue weighted by atomic mass is 9.88. The minimum Gasteiger partial charge on any atom is -0.444 e. The van der Waals surface area contributed by atoms with Gasteiger partial charge in [-0.05, 0) is 39.5 Å². The van der Waals surface area contributed by atoms with Crippen molar-refractivity contribution in [1.29, 1.82) is 5.26 Å². The smallest absolute Gasteiger partial charge is 0.410 e. The highest BCUT2D eigenvalue weighted by atomic mass is 16.6. The summed E-state index contributed by atoms with van der Waals surface area (Å²) in [5.74, 6) is -0.211. The Morgan fingerprint density at radius 1 is 1.23 bits per heavy atom. The Balaban J connectivity index is 1.82. The van der Waals surface area contributed by atoms with Gasteiger partial charge in [0.05, 0.1) is 24.1 Å². The molecule has 0 aromatic carbocycles. The Hall–Kier alpha value is -1.81. The number of nitriles is 1. The van der Waals surface area contributed by atoms with Crippen molar-refractivity contribution in [1.82, 2.24) is 10.2 Å². The van der Waals surface area contributed by atoms with E-state index in [2.05, 4.69) is 18.3 Å². The van der Waals surface area contributed by atoms with Crippen molar-refractivity contribution in [2.24, 2.45) is 11.8 Å². The minimum absolute atomic E-state index is 0.00388. The van der Waals surface area contributed by atoms with Gasteiger partial charge in [0, 0.05) is 13.1 Å². The first-order chi connectivity index (χ1) is 12.2. The van der Waals surface area contributed by atoms with Gasteiger partial charge in [0.15, 0.2) is 0 Å². The second-order valence-electron chi connectivity index (χ2n) is 8.41. The fraction of sp³-hybridized carbons (Fsp3) is 0.842. The molecule has 2 amide bonds. The van der Waals surface area contributed by atoms with Crippen molar-refractivity contribution in [3.05, 3.63) is 0 Å². The van der Waals surface area contributed by atoms with Gasteiger partial charge >= 0.3 is 6.09 Å². The monoisotopic (exact) mass is 365 g/mol. The van der Waals surface area contributed by atoms with Crippen molar-refractivity contribution in [2.75, 3.05) is 19.7 Å². The summed E-state index contributed by atoms with van der Waals surface area (Å²) in [6, 6.07) is 1.78. The summed E-state index contributed by atoms with van der Waals surface area (Å²) < 4.78 is 11.1. The lowest BCUT2D eigenvalue weighted by Crippen LogP contribution is -2.43. The van der Waals surface area contributed by atoms with Gasteiger partial charge in [-0.2, -0.15) is 5.26 Å².